The number of nitrogens with zero attached hydrogens (tertiary/aromatic N) is 3. The highest BCUT2D eigenvalue weighted by atomic mass is 79.9. The minimum atomic E-state index is -0.214. The summed E-state index contributed by atoms with van der Waals surface area (Å²) in [5.74, 6) is 1.25. The molecule has 0 radical (unpaired) electrons. The maximum atomic E-state index is 12.8. The van der Waals surface area contributed by atoms with E-state index in [0.29, 0.717) is 29.1 Å². The van der Waals surface area contributed by atoms with E-state index in [4.69, 9.17) is 9.47 Å². The van der Waals surface area contributed by atoms with Gasteiger partial charge >= 0.3 is 0 Å². The summed E-state index contributed by atoms with van der Waals surface area (Å²) in [5.41, 5.74) is 4.35. The van der Waals surface area contributed by atoms with Crippen LogP contribution in [-0.2, 0) is 0 Å². The van der Waals surface area contributed by atoms with Gasteiger partial charge in [0.15, 0.2) is 0 Å². The lowest BCUT2D eigenvalue weighted by atomic mass is 10.1. The van der Waals surface area contributed by atoms with E-state index in [9.17, 15) is 4.79 Å². The topological polar surface area (TPSA) is 78.3 Å². The fourth-order valence-electron chi connectivity index (χ4n) is 3.14. The predicted octanol–water partition coefficient (Wildman–Crippen LogP) is 5.15. The molecular formula is C23H21BrN4O3. The Balaban J connectivity index is 1.59. The number of ether oxygens (including phenoxy) is 2. The van der Waals surface area contributed by atoms with Crippen LogP contribution in [0, 0.1) is 6.92 Å². The molecule has 0 aliphatic heterocycles. The first kappa shape index (κ1) is 20.9. The highest BCUT2D eigenvalue weighted by Crippen LogP contribution is 2.27. The summed E-state index contributed by atoms with van der Waals surface area (Å²) >= 11 is 3.45. The monoisotopic (exact) mass is 480 g/mol. The van der Waals surface area contributed by atoms with E-state index in [0.717, 1.165) is 27.0 Å². The molecule has 3 aromatic carbocycles. The summed E-state index contributed by atoms with van der Waals surface area (Å²) < 4.78 is 11.4. The van der Waals surface area contributed by atoms with Gasteiger partial charge in [-0.05, 0) is 89.9 Å². The van der Waals surface area contributed by atoms with Gasteiger partial charge in [-0.25, -0.2) is 0 Å². The normalized spacial score (nSPS) is 10.8. The number of anilines is 1. The fourth-order valence-corrected chi connectivity index (χ4v) is 3.64. The maximum absolute atomic E-state index is 12.8. The second-order valence-corrected chi connectivity index (χ2v) is 7.73. The number of aromatic nitrogens is 3. The van der Waals surface area contributed by atoms with Crippen molar-refractivity contribution in [3.05, 3.63) is 70.2 Å². The largest absolute Gasteiger partial charge is 0.497 e. The zero-order valence-corrected chi connectivity index (χ0v) is 18.9. The Morgan fingerprint density at radius 2 is 1.77 bits per heavy atom. The summed E-state index contributed by atoms with van der Waals surface area (Å²) in [7, 11) is 1.63. The molecule has 8 heteroatoms. The average Bonchev–Trinajstić information content (AvgIpc) is 3.18. The Morgan fingerprint density at radius 1 is 1.06 bits per heavy atom. The Hall–Kier alpha value is -3.39. The number of rotatable bonds is 6. The van der Waals surface area contributed by atoms with Crippen molar-refractivity contribution < 1.29 is 14.3 Å². The van der Waals surface area contributed by atoms with E-state index in [1.807, 2.05) is 50.2 Å². The van der Waals surface area contributed by atoms with Crippen molar-refractivity contribution in [2.24, 2.45) is 0 Å². The van der Waals surface area contributed by atoms with Crippen molar-refractivity contribution in [3.8, 4) is 17.2 Å². The summed E-state index contributed by atoms with van der Waals surface area (Å²) in [6.45, 7) is 4.40. The lowest BCUT2D eigenvalue weighted by molar-refractivity contribution is 0.102. The third kappa shape index (κ3) is 4.39. The highest BCUT2D eigenvalue weighted by molar-refractivity contribution is 9.10. The van der Waals surface area contributed by atoms with Crippen LogP contribution in [0.2, 0.25) is 0 Å². The standard InChI is InChI=1S/C23H21BrN4O3/c1-4-31-22-10-5-15(12-18(22)24)23(29)25-19-13-21-20(11-14(19)2)26-28(27-21)16-6-8-17(30-3)9-7-16/h5-13H,4H2,1-3H3,(H,25,29). The van der Waals surface area contributed by atoms with Crippen LogP contribution in [0.4, 0.5) is 5.69 Å². The molecule has 0 bridgehead atoms. The molecule has 0 saturated carbocycles. The molecule has 0 unspecified atom stereocenters. The Labute approximate surface area is 188 Å². The van der Waals surface area contributed by atoms with Crippen molar-refractivity contribution in [2.45, 2.75) is 13.8 Å². The molecule has 4 rings (SSSR count). The molecule has 1 heterocycles. The molecule has 1 aromatic heterocycles. The molecule has 1 amide bonds. The minimum absolute atomic E-state index is 0.214. The van der Waals surface area contributed by atoms with Gasteiger partial charge in [0.2, 0.25) is 0 Å². The van der Waals surface area contributed by atoms with Crippen LogP contribution < -0.4 is 14.8 Å². The van der Waals surface area contributed by atoms with Crippen molar-refractivity contribution in [1.29, 1.82) is 0 Å². The van der Waals surface area contributed by atoms with E-state index < -0.39 is 0 Å². The number of fused-ring (bicyclic) bond motifs is 1. The van der Waals surface area contributed by atoms with Crippen molar-refractivity contribution in [2.75, 3.05) is 19.0 Å². The molecule has 0 aliphatic carbocycles. The first-order valence-corrected chi connectivity index (χ1v) is 10.5. The van der Waals surface area contributed by atoms with E-state index in [1.165, 1.54) is 0 Å². The number of halogens is 1. The van der Waals surface area contributed by atoms with Crippen molar-refractivity contribution in [1.82, 2.24) is 15.0 Å². The Bertz CT molecular complexity index is 1250. The average molecular weight is 481 g/mol. The van der Waals surface area contributed by atoms with Crippen LogP contribution in [0.3, 0.4) is 0 Å². The second kappa shape index (κ2) is 8.77. The van der Waals surface area contributed by atoms with E-state index in [2.05, 4.69) is 31.4 Å². The van der Waals surface area contributed by atoms with Crippen LogP contribution in [0.25, 0.3) is 16.7 Å². The van der Waals surface area contributed by atoms with Gasteiger partial charge in [0, 0.05) is 11.3 Å². The molecular weight excluding hydrogens is 460 g/mol. The van der Waals surface area contributed by atoms with Gasteiger partial charge in [-0.2, -0.15) is 4.80 Å². The summed E-state index contributed by atoms with van der Waals surface area (Å²) in [6, 6.07) is 16.5. The number of carbonyl (C=O) groups is 1. The molecule has 4 aromatic rings. The second-order valence-electron chi connectivity index (χ2n) is 6.88. The van der Waals surface area contributed by atoms with Gasteiger partial charge < -0.3 is 14.8 Å². The highest BCUT2D eigenvalue weighted by Gasteiger charge is 2.13. The van der Waals surface area contributed by atoms with Crippen LogP contribution in [0.15, 0.2) is 59.1 Å². The smallest absolute Gasteiger partial charge is 0.255 e. The molecule has 0 saturated heterocycles. The van der Waals surface area contributed by atoms with Crippen LogP contribution >= 0.6 is 15.9 Å². The fraction of sp³-hybridized carbons (Fsp3) is 0.174. The molecule has 0 fully saturated rings. The summed E-state index contributed by atoms with van der Waals surface area (Å²) in [5, 5.41) is 12.1. The lowest BCUT2D eigenvalue weighted by Crippen LogP contribution is -2.13. The molecule has 0 aliphatic rings. The van der Waals surface area contributed by atoms with Gasteiger partial charge in [-0.15, -0.1) is 10.2 Å². The number of amides is 1. The van der Waals surface area contributed by atoms with Gasteiger partial charge in [-0.3, -0.25) is 4.79 Å². The van der Waals surface area contributed by atoms with Gasteiger partial charge in [0.05, 0.1) is 23.9 Å². The lowest BCUT2D eigenvalue weighted by Gasteiger charge is -2.10. The molecule has 7 nitrogen and oxygen atoms in total. The van der Waals surface area contributed by atoms with E-state index in [-0.39, 0.29) is 5.91 Å². The third-order valence-corrected chi connectivity index (χ3v) is 5.39. The number of hydrogen-bond acceptors (Lipinski definition) is 5. The van der Waals surface area contributed by atoms with Crippen molar-refractivity contribution in [3.63, 3.8) is 0 Å². The molecule has 0 spiro atoms. The quantitative estimate of drug-likeness (QED) is 0.412. The summed E-state index contributed by atoms with van der Waals surface area (Å²) in [4.78, 5) is 14.4. The van der Waals surface area contributed by atoms with Gasteiger partial charge in [0.1, 0.15) is 22.5 Å². The maximum Gasteiger partial charge on any atom is 0.255 e. The zero-order chi connectivity index (χ0) is 22.0. The first-order chi connectivity index (χ1) is 15.0. The van der Waals surface area contributed by atoms with Gasteiger partial charge in [-0.1, -0.05) is 0 Å². The zero-order valence-electron chi connectivity index (χ0n) is 17.3. The number of hydrogen-bond donors (Lipinski definition) is 1. The predicted molar refractivity (Wildman–Crippen MR) is 123 cm³/mol. The number of nitrogens with one attached hydrogen (secondary N) is 1. The van der Waals surface area contributed by atoms with E-state index >= 15 is 0 Å². The van der Waals surface area contributed by atoms with Gasteiger partial charge in [0.25, 0.3) is 5.91 Å². The SMILES string of the molecule is CCOc1ccc(C(=O)Nc2cc3nn(-c4ccc(OC)cc4)nc3cc2C)cc1Br. The Morgan fingerprint density at radius 3 is 2.42 bits per heavy atom. The number of methoxy groups -OCH3 is 1. The number of aryl methyl sites for hydroxylation is 1. The van der Waals surface area contributed by atoms with E-state index in [1.54, 1.807) is 30.1 Å². The minimum Gasteiger partial charge on any atom is -0.497 e. The Kier molecular flexibility index (Phi) is 5.90. The van der Waals surface area contributed by atoms with Crippen molar-refractivity contribution >= 4 is 38.6 Å². The molecule has 1 N–H and O–H groups in total. The van der Waals surface area contributed by atoms with Crippen LogP contribution in [0.1, 0.15) is 22.8 Å². The number of carbonyl (C=O) groups excluding carboxylic acids is 1. The van der Waals surface area contributed by atoms with Crippen LogP contribution in [-0.4, -0.2) is 34.6 Å². The first-order valence-electron chi connectivity index (χ1n) is 9.74. The molecule has 0 atom stereocenters. The van der Waals surface area contributed by atoms with Crippen LogP contribution in [0.5, 0.6) is 11.5 Å². The summed E-state index contributed by atoms with van der Waals surface area (Å²) in [6.07, 6.45) is 0. The third-order valence-electron chi connectivity index (χ3n) is 4.77. The molecule has 31 heavy (non-hydrogen) atoms. The number of benzene rings is 3. The molecule has 158 valence electrons.